The van der Waals surface area contributed by atoms with Crippen LogP contribution in [-0.4, -0.2) is 18.6 Å². The number of amides is 1. The van der Waals surface area contributed by atoms with Crippen LogP contribution in [0.2, 0.25) is 0 Å². The Labute approximate surface area is 130 Å². The summed E-state index contributed by atoms with van der Waals surface area (Å²) in [6, 6.07) is 3.92. The second-order valence-corrected chi connectivity index (χ2v) is 5.97. The Balaban J connectivity index is 2.65. The maximum absolute atomic E-state index is 11.6. The highest BCUT2D eigenvalue weighted by Crippen LogP contribution is 2.34. The van der Waals surface area contributed by atoms with Gasteiger partial charge in [0.05, 0.1) is 8.95 Å². The molecule has 0 aliphatic heterocycles. The second-order valence-electron chi connectivity index (χ2n) is 4.26. The van der Waals surface area contributed by atoms with Crippen molar-refractivity contribution >= 4 is 37.8 Å². The minimum Gasteiger partial charge on any atom is -0.481 e. The minimum atomic E-state index is -0.129. The lowest BCUT2D eigenvalue weighted by atomic mass is 10.2. The topological polar surface area (TPSA) is 64.3 Å². The number of rotatable bonds is 6. The number of ether oxygens (including phenoxy) is 1. The van der Waals surface area contributed by atoms with Gasteiger partial charge in [-0.25, -0.2) is 0 Å². The number of carbonyl (C=O) groups is 1. The van der Waals surface area contributed by atoms with Crippen LogP contribution in [0, 0.1) is 0 Å². The molecule has 0 aliphatic rings. The van der Waals surface area contributed by atoms with Gasteiger partial charge in [-0.3, -0.25) is 4.79 Å². The van der Waals surface area contributed by atoms with Crippen LogP contribution >= 0.6 is 31.9 Å². The Bertz CT molecular complexity index is 429. The lowest BCUT2D eigenvalue weighted by Crippen LogP contribution is -2.35. The highest BCUT2D eigenvalue weighted by molar-refractivity contribution is 9.11. The van der Waals surface area contributed by atoms with Gasteiger partial charge in [0.2, 0.25) is 0 Å². The average molecular weight is 394 g/mol. The van der Waals surface area contributed by atoms with E-state index in [1.807, 2.05) is 26.0 Å². The molecule has 0 radical (unpaired) electrons. The fourth-order valence-electron chi connectivity index (χ4n) is 1.42. The number of halogens is 2. The smallest absolute Gasteiger partial charge is 0.258 e. The first-order chi connectivity index (χ1) is 8.97. The highest BCUT2D eigenvalue weighted by atomic mass is 79.9. The molecule has 106 valence electrons. The van der Waals surface area contributed by atoms with E-state index in [9.17, 15) is 4.79 Å². The summed E-state index contributed by atoms with van der Waals surface area (Å²) in [5.74, 6) is 0.479. The summed E-state index contributed by atoms with van der Waals surface area (Å²) in [7, 11) is 0. The van der Waals surface area contributed by atoms with E-state index in [4.69, 9.17) is 10.5 Å². The summed E-state index contributed by atoms with van der Waals surface area (Å²) >= 11 is 6.82. The number of carbonyl (C=O) groups excluding carboxylic acids is 1. The van der Waals surface area contributed by atoms with Gasteiger partial charge in [0.25, 0.3) is 5.91 Å². The normalized spacial score (nSPS) is 12.1. The number of hydrogen-bond donors (Lipinski definition) is 2. The van der Waals surface area contributed by atoms with Crippen LogP contribution in [0.3, 0.4) is 0 Å². The molecule has 0 fully saturated rings. The summed E-state index contributed by atoms with van der Waals surface area (Å²) in [5, 5.41) is 2.85. The summed E-state index contributed by atoms with van der Waals surface area (Å²) < 4.78 is 7.08. The predicted molar refractivity (Wildman–Crippen MR) is 83.1 cm³/mol. The molecule has 0 aromatic heterocycles. The van der Waals surface area contributed by atoms with Crippen molar-refractivity contribution in [3.05, 3.63) is 26.6 Å². The van der Waals surface area contributed by atoms with Gasteiger partial charge in [0.15, 0.2) is 6.61 Å². The van der Waals surface area contributed by atoms with Gasteiger partial charge in [-0.2, -0.15) is 0 Å². The van der Waals surface area contributed by atoms with Gasteiger partial charge in [-0.15, -0.1) is 0 Å². The van der Waals surface area contributed by atoms with Crippen molar-refractivity contribution in [3.63, 3.8) is 0 Å². The fourth-order valence-corrected chi connectivity index (χ4v) is 2.93. The molecule has 0 spiro atoms. The van der Waals surface area contributed by atoms with Gasteiger partial charge in [0, 0.05) is 12.6 Å². The first-order valence-electron chi connectivity index (χ1n) is 6.08. The van der Waals surface area contributed by atoms with Crippen molar-refractivity contribution in [2.45, 2.75) is 32.9 Å². The molecule has 0 saturated heterocycles. The van der Waals surface area contributed by atoms with E-state index >= 15 is 0 Å². The zero-order valence-electron chi connectivity index (χ0n) is 11.0. The molecule has 1 amide bonds. The maximum atomic E-state index is 11.6. The zero-order chi connectivity index (χ0) is 14.4. The monoisotopic (exact) mass is 392 g/mol. The second kappa shape index (κ2) is 7.87. The van der Waals surface area contributed by atoms with Crippen molar-refractivity contribution < 1.29 is 9.53 Å². The van der Waals surface area contributed by atoms with Crippen molar-refractivity contribution in [2.24, 2.45) is 5.73 Å². The number of benzene rings is 1. The molecule has 1 unspecified atom stereocenters. The molecule has 1 rings (SSSR count). The molecular weight excluding hydrogens is 376 g/mol. The highest BCUT2D eigenvalue weighted by Gasteiger charge is 2.11. The molecule has 1 atom stereocenters. The third-order valence-electron chi connectivity index (χ3n) is 2.66. The number of nitrogens with one attached hydrogen (secondary N) is 1. The Morgan fingerprint density at radius 1 is 1.42 bits per heavy atom. The average Bonchev–Trinajstić information content (AvgIpc) is 2.37. The minimum absolute atomic E-state index is 0.0104. The third kappa shape index (κ3) is 5.12. The van der Waals surface area contributed by atoms with Crippen molar-refractivity contribution in [1.82, 2.24) is 5.32 Å². The summed E-state index contributed by atoms with van der Waals surface area (Å²) in [6.45, 7) is 4.42. The van der Waals surface area contributed by atoms with Crippen molar-refractivity contribution in [2.75, 3.05) is 6.61 Å². The SMILES string of the molecule is CCC(C)NC(=O)COc1c(Br)cc(CN)cc1Br. The Morgan fingerprint density at radius 3 is 2.47 bits per heavy atom. The van der Waals surface area contributed by atoms with E-state index < -0.39 is 0 Å². The lowest BCUT2D eigenvalue weighted by Gasteiger charge is -2.14. The molecule has 1 aromatic carbocycles. The summed E-state index contributed by atoms with van der Waals surface area (Å²) in [5.41, 5.74) is 6.57. The molecule has 6 heteroatoms. The summed E-state index contributed by atoms with van der Waals surface area (Å²) in [6.07, 6.45) is 0.893. The molecule has 0 bridgehead atoms. The first kappa shape index (κ1) is 16.5. The Kier molecular flexibility index (Phi) is 6.82. The van der Waals surface area contributed by atoms with Gasteiger partial charge < -0.3 is 15.8 Å². The largest absolute Gasteiger partial charge is 0.481 e. The molecule has 3 N–H and O–H groups in total. The molecule has 19 heavy (non-hydrogen) atoms. The predicted octanol–water partition coefficient (Wildman–Crippen LogP) is 2.96. The van der Waals surface area contributed by atoms with Crippen molar-refractivity contribution in [3.8, 4) is 5.75 Å². The van der Waals surface area contributed by atoms with Crippen LogP contribution in [0.4, 0.5) is 0 Å². The maximum Gasteiger partial charge on any atom is 0.258 e. The first-order valence-corrected chi connectivity index (χ1v) is 7.66. The fraction of sp³-hybridized carbons (Fsp3) is 0.462. The van der Waals surface area contributed by atoms with Crippen LogP contribution in [0.15, 0.2) is 21.1 Å². The quantitative estimate of drug-likeness (QED) is 0.780. The van der Waals surface area contributed by atoms with E-state index in [1.165, 1.54) is 0 Å². The van der Waals surface area contributed by atoms with Crippen LogP contribution in [-0.2, 0) is 11.3 Å². The van der Waals surface area contributed by atoms with Crippen molar-refractivity contribution in [1.29, 1.82) is 0 Å². The summed E-state index contributed by atoms with van der Waals surface area (Å²) in [4.78, 5) is 11.6. The molecule has 0 aliphatic carbocycles. The van der Waals surface area contributed by atoms with Gasteiger partial charge in [-0.05, 0) is 62.9 Å². The van der Waals surface area contributed by atoms with E-state index in [-0.39, 0.29) is 18.6 Å². The van der Waals surface area contributed by atoms with E-state index in [0.29, 0.717) is 12.3 Å². The molecular formula is C13H18Br2N2O2. The standard InChI is InChI=1S/C13H18Br2N2O2/c1-3-8(2)17-12(18)7-19-13-10(14)4-9(6-16)5-11(13)15/h4-5,8H,3,6-7,16H2,1-2H3,(H,17,18). The number of hydrogen-bond acceptors (Lipinski definition) is 3. The van der Waals surface area contributed by atoms with Crippen LogP contribution in [0.5, 0.6) is 5.75 Å². The van der Waals surface area contributed by atoms with Crippen LogP contribution in [0.1, 0.15) is 25.8 Å². The Morgan fingerprint density at radius 2 is 2.00 bits per heavy atom. The van der Waals surface area contributed by atoms with Gasteiger partial charge >= 0.3 is 0 Å². The lowest BCUT2D eigenvalue weighted by molar-refractivity contribution is -0.123. The molecule has 0 saturated carbocycles. The molecule has 1 aromatic rings. The van der Waals surface area contributed by atoms with Crippen LogP contribution in [0.25, 0.3) is 0 Å². The van der Waals surface area contributed by atoms with Crippen LogP contribution < -0.4 is 15.8 Å². The van der Waals surface area contributed by atoms with E-state index in [0.717, 1.165) is 20.9 Å². The molecule has 4 nitrogen and oxygen atoms in total. The molecule has 0 heterocycles. The zero-order valence-corrected chi connectivity index (χ0v) is 14.2. The van der Waals surface area contributed by atoms with Gasteiger partial charge in [0.1, 0.15) is 5.75 Å². The van der Waals surface area contributed by atoms with E-state index in [2.05, 4.69) is 37.2 Å². The number of nitrogens with two attached hydrogens (primary N) is 1. The van der Waals surface area contributed by atoms with Gasteiger partial charge in [-0.1, -0.05) is 6.92 Å². The third-order valence-corrected chi connectivity index (χ3v) is 3.84. The Hall–Kier alpha value is -0.590. The van der Waals surface area contributed by atoms with E-state index in [1.54, 1.807) is 0 Å².